The van der Waals surface area contributed by atoms with Crippen LogP contribution in [0.4, 0.5) is 0 Å². The summed E-state index contributed by atoms with van der Waals surface area (Å²) in [6.07, 6.45) is 7.08. The number of phenols is 1. The summed E-state index contributed by atoms with van der Waals surface area (Å²) in [4.78, 5) is 12.2. The van der Waals surface area contributed by atoms with E-state index >= 15 is 0 Å². The fraction of sp³-hybridized carbons (Fsp3) is 0.588. The first-order valence-corrected chi connectivity index (χ1v) is 7.70. The van der Waals surface area contributed by atoms with Crippen LogP contribution in [-0.4, -0.2) is 17.1 Å². The number of hydrogen-bond donors (Lipinski definition) is 2. The molecule has 0 aromatic heterocycles. The fourth-order valence-corrected chi connectivity index (χ4v) is 3.10. The molecule has 1 aromatic carbocycles. The minimum atomic E-state index is -0.148. The first-order valence-electron chi connectivity index (χ1n) is 7.70. The lowest BCUT2D eigenvalue weighted by Crippen LogP contribution is -2.37. The molecule has 1 aliphatic carbocycles. The maximum absolute atomic E-state index is 12.2. The van der Waals surface area contributed by atoms with E-state index in [2.05, 4.69) is 12.2 Å². The lowest BCUT2D eigenvalue weighted by atomic mass is 9.83. The topological polar surface area (TPSA) is 49.3 Å². The highest BCUT2D eigenvalue weighted by molar-refractivity contribution is 5.97. The maximum Gasteiger partial charge on any atom is 0.255 e. The number of hydrogen-bond acceptors (Lipinski definition) is 2. The van der Waals surface area contributed by atoms with Crippen molar-refractivity contribution in [3.63, 3.8) is 0 Å². The van der Waals surface area contributed by atoms with Gasteiger partial charge in [-0.05, 0) is 50.7 Å². The van der Waals surface area contributed by atoms with E-state index in [1.807, 2.05) is 13.0 Å². The van der Waals surface area contributed by atoms with Crippen molar-refractivity contribution < 1.29 is 9.90 Å². The molecule has 0 bridgehead atoms. The molecular formula is C17H25NO2. The zero-order valence-electron chi connectivity index (χ0n) is 12.5. The molecule has 0 atom stereocenters. The van der Waals surface area contributed by atoms with E-state index in [0.717, 1.165) is 24.3 Å². The van der Waals surface area contributed by atoms with Crippen molar-refractivity contribution in [1.29, 1.82) is 0 Å². The highest BCUT2D eigenvalue weighted by Crippen LogP contribution is 2.28. The molecule has 0 spiro atoms. The van der Waals surface area contributed by atoms with Crippen molar-refractivity contribution in [1.82, 2.24) is 5.32 Å². The van der Waals surface area contributed by atoms with Gasteiger partial charge >= 0.3 is 0 Å². The van der Waals surface area contributed by atoms with Crippen LogP contribution in [0.1, 0.15) is 61.4 Å². The Balaban J connectivity index is 1.91. The quantitative estimate of drug-likeness (QED) is 0.878. The van der Waals surface area contributed by atoms with Gasteiger partial charge in [0.15, 0.2) is 0 Å². The lowest BCUT2D eigenvalue weighted by molar-refractivity contribution is 0.0918. The summed E-state index contributed by atoms with van der Waals surface area (Å²) in [5.41, 5.74) is 1.38. The molecule has 1 fully saturated rings. The van der Waals surface area contributed by atoms with Crippen molar-refractivity contribution in [2.75, 3.05) is 0 Å². The molecule has 0 heterocycles. The highest BCUT2D eigenvalue weighted by atomic mass is 16.3. The van der Waals surface area contributed by atoms with Gasteiger partial charge in [-0.3, -0.25) is 4.79 Å². The molecule has 2 rings (SSSR count). The van der Waals surface area contributed by atoms with E-state index in [-0.39, 0.29) is 17.7 Å². The summed E-state index contributed by atoms with van der Waals surface area (Å²) in [6.45, 7) is 4.15. The smallest absolute Gasteiger partial charge is 0.255 e. The highest BCUT2D eigenvalue weighted by Gasteiger charge is 2.23. The Labute approximate surface area is 121 Å². The molecule has 2 N–H and O–H groups in total. The lowest BCUT2D eigenvalue weighted by Gasteiger charge is -2.29. The molecule has 1 aromatic rings. The molecule has 3 nitrogen and oxygen atoms in total. The van der Waals surface area contributed by atoms with Gasteiger partial charge in [0.05, 0.1) is 5.56 Å². The average molecular weight is 275 g/mol. The number of aromatic hydroxyl groups is 1. The van der Waals surface area contributed by atoms with Crippen LogP contribution in [0.5, 0.6) is 5.75 Å². The van der Waals surface area contributed by atoms with Crippen LogP contribution in [0, 0.1) is 12.8 Å². The van der Waals surface area contributed by atoms with Gasteiger partial charge in [0.2, 0.25) is 0 Å². The van der Waals surface area contributed by atoms with Crippen LogP contribution in [0.25, 0.3) is 0 Å². The van der Waals surface area contributed by atoms with Crippen LogP contribution in [0.2, 0.25) is 0 Å². The monoisotopic (exact) mass is 275 g/mol. The molecule has 3 heteroatoms. The number of nitrogens with one attached hydrogen (secondary N) is 1. The Morgan fingerprint density at radius 3 is 2.65 bits per heavy atom. The Morgan fingerprint density at radius 1 is 1.30 bits per heavy atom. The zero-order chi connectivity index (χ0) is 14.5. The predicted octanol–water partition coefficient (Wildman–Crippen LogP) is 3.79. The molecule has 20 heavy (non-hydrogen) atoms. The normalized spacial score (nSPS) is 22.5. The van der Waals surface area contributed by atoms with Crippen LogP contribution in [-0.2, 0) is 0 Å². The third-order valence-corrected chi connectivity index (χ3v) is 4.28. The van der Waals surface area contributed by atoms with E-state index in [1.165, 1.54) is 25.7 Å². The Kier molecular flexibility index (Phi) is 5.05. The zero-order valence-corrected chi connectivity index (χ0v) is 12.5. The van der Waals surface area contributed by atoms with Gasteiger partial charge in [-0.1, -0.05) is 31.4 Å². The van der Waals surface area contributed by atoms with E-state index < -0.39 is 0 Å². The van der Waals surface area contributed by atoms with Crippen molar-refractivity contribution in [3.8, 4) is 5.75 Å². The van der Waals surface area contributed by atoms with Gasteiger partial charge < -0.3 is 10.4 Å². The van der Waals surface area contributed by atoms with Gasteiger partial charge in [0.1, 0.15) is 5.75 Å². The number of carbonyl (C=O) groups excluding carboxylic acids is 1. The number of carbonyl (C=O) groups is 1. The Bertz CT molecular complexity index is 462. The maximum atomic E-state index is 12.2. The van der Waals surface area contributed by atoms with Crippen molar-refractivity contribution in [3.05, 3.63) is 29.3 Å². The number of amides is 1. The minimum Gasteiger partial charge on any atom is -0.507 e. The molecule has 0 radical (unpaired) electrons. The first-order chi connectivity index (χ1) is 9.60. The summed E-state index contributed by atoms with van der Waals surface area (Å²) < 4.78 is 0. The summed E-state index contributed by atoms with van der Waals surface area (Å²) >= 11 is 0. The number of rotatable bonds is 4. The van der Waals surface area contributed by atoms with Crippen molar-refractivity contribution in [2.24, 2.45) is 5.92 Å². The molecule has 110 valence electrons. The number of phenolic OH excluding ortho intramolecular Hbond substituents is 1. The largest absolute Gasteiger partial charge is 0.507 e. The molecule has 0 aliphatic heterocycles. The SMILES string of the molecule is CCCC1CCC(NC(=O)c2cc(C)ccc2O)CC1. The third kappa shape index (κ3) is 3.75. The standard InChI is InChI=1S/C17H25NO2/c1-3-4-13-6-8-14(9-7-13)18-17(20)15-11-12(2)5-10-16(15)19/h5,10-11,13-14,19H,3-4,6-9H2,1-2H3,(H,18,20). The van der Waals surface area contributed by atoms with Crippen LogP contribution in [0.3, 0.4) is 0 Å². The minimum absolute atomic E-state index is 0.0627. The molecule has 1 aliphatic rings. The Morgan fingerprint density at radius 2 is 2.00 bits per heavy atom. The van der Waals surface area contributed by atoms with Crippen LogP contribution >= 0.6 is 0 Å². The van der Waals surface area contributed by atoms with Crippen LogP contribution < -0.4 is 5.32 Å². The second-order valence-corrected chi connectivity index (χ2v) is 6.00. The molecule has 0 unspecified atom stereocenters. The molecule has 0 saturated heterocycles. The number of benzene rings is 1. The summed E-state index contributed by atoms with van der Waals surface area (Å²) in [5, 5.41) is 12.9. The fourth-order valence-electron chi connectivity index (χ4n) is 3.10. The van der Waals surface area contributed by atoms with Gasteiger partial charge in [-0.15, -0.1) is 0 Å². The van der Waals surface area contributed by atoms with Crippen molar-refractivity contribution in [2.45, 2.75) is 58.4 Å². The molecular weight excluding hydrogens is 250 g/mol. The summed E-state index contributed by atoms with van der Waals surface area (Å²) in [6, 6.07) is 5.40. The third-order valence-electron chi connectivity index (χ3n) is 4.28. The van der Waals surface area contributed by atoms with E-state index in [4.69, 9.17) is 0 Å². The Hall–Kier alpha value is -1.51. The van der Waals surface area contributed by atoms with Gasteiger partial charge in [0, 0.05) is 6.04 Å². The van der Waals surface area contributed by atoms with E-state index in [9.17, 15) is 9.90 Å². The molecule has 1 amide bonds. The second-order valence-electron chi connectivity index (χ2n) is 6.00. The van der Waals surface area contributed by atoms with E-state index in [0.29, 0.717) is 5.56 Å². The van der Waals surface area contributed by atoms with Crippen molar-refractivity contribution >= 4 is 5.91 Å². The van der Waals surface area contributed by atoms with E-state index in [1.54, 1.807) is 12.1 Å². The van der Waals surface area contributed by atoms with Crippen LogP contribution in [0.15, 0.2) is 18.2 Å². The van der Waals surface area contributed by atoms with Gasteiger partial charge in [0.25, 0.3) is 5.91 Å². The number of aryl methyl sites for hydroxylation is 1. The molecule has 1 saturated carbocycles. The summed E-state index contributed by atoms with van der Waals surface area (Å²) in [7, 11) is 0. The van der Waals surface area contributed by atoms with Gasteiger partial charge in [-0.2, -0.15) is 0 Å². The summed E-state index contributed by atoms with van der Waals surface area (Å²) in [5.74, 6) is 0.749. The second kappa shape index (κ2) is 6.78. The first kappa shape index (κ1) is 14.9. The van der Waals surface area contributed by atoms with Gasteiger partial charge in [-0.25, -0.2) is 0 Å². The predicted molar refractivity (Wildman–Crippen MR) is 81.0 cm³/mol. The average Bonchev–Trinajstić information content (AvgIpc) is 2.44.